The second-order valence-electron chi connectivity index (χ2n) is 5.25. The Kier molecular flexibility index (Phi) is 3.88. The Morgan fingerprint density at radius 2 is 1.95 bits per heavy atom. The molecule has 0 spiro atoms. The number of hydrogen-bond donors (Lipinski definition) is 1. The second kappa shape index (κ2) is 5.82. The van der Waals surface area contributed by atoms with E-state index in [2.05, 4.69) is 55.7 Å². The molecule has 0 fully saturated rings. The van der Waals surface area contributed by atoms with Crippen LogP contribution in [0.25, 0.3) is 10.2 Å². The molecule has 2 aromatic heterocycles. The zero-order chi connectivity index (χ0) is 14.8. The molecule has 0 radical (unpaired) electrons. The lowest BCUT2D eigenvalue weighted by Crippen LogP contribution is -2.04. The van der Waals surface area contributed by atoms with Crippen molar-refractivity contribution in [1.29, 1.82) is 0 Å². The maximum atomic E-state index is 4.69. The summed E-state index contributed by atoms with van der Waals surface area (Å²) in [5, 5.41) is 6.52. The third kappa shape index (κ3) is 2.90. The summed E-state index contributed by atoms with van der Waals surface area (Å²) < 4.78 is 0. The van der Waals surface area contributed by atoms with Gasteiger partial charge in [-0.05, 0) is 48.9 Å². The van der Waals surface area contributed by atoms with Crippen LogP contribution in [0.5, 0.6) is 0 Å². The Morgan fingerprint density at radius 1 is 1.10 bits per heavy atom. The van der Waals surface area contributed by atoms with Gasteiger partial charge in [0.2, 0.25) is 0 Å². The third-order valence-corrected chi connectivity index (χ3v) is 4.46. The molecule has 4 heteroatoms. The van der Waals surface area contributed by atoms with E-state index < -0.39 is 0 Å². The number of nitrogens with zero attached hydrogens (tertiary/aromatic N) is 2. The van der Waals surface area contributed by atoms with Crippen molar-refractivity contribution in [2.24, 2.45) is 0 Å². The van der Waals surface area contributed by atoms with Crippen molar-refractivity contribution in [1.82, 2.24) is 9.97 Å². The van der Waals surface area contributed by atoms with Gasteiger partial charge in [-0.25, -0.2) is 9.97 Å². The predicted molar refractivity (Wildman–Crippen MR) is 90.3 cm³/mol. The van der Waals surface area contributed by atoms with Crippen LogP contribution < -0.4 is 5.32 Å². The lowest BCUT2D eigenvalue weighted by molar-refractivity contribution is 0.987. The molecular formula is C17H19N3S. The monoisotopic (exact) mass is 297 g/mol. The molecule has 3 rings (SSSR count). The minimum atomic E-state index is 0.771. The minimum Gasteiger partial charge on any atom is -0.370 e. The van der Waals surface area contributed by atoms with Crippen molar-refractivity contribution in [3.63, 3.8) is 0 Å². The summed E-state index contributed by atoms with van der Waals surface area (Å²) in [6.45, 7) is 7.23. The maximum Gasteiger partial charge on any atom is 0.138 e. The highest BCUT2D eigenvalue weighted by Gasteiger charge is 2.09. The van der Waals surface area contributed by atoms with Gasteiger partial charge in [0.1, 0.15) is 16.5 Å². The minimum absolute atomic E-state index is 0.771. The SMILES string of the molecule is CCNc1nc(Cc2ccc(C)c(C)c2)nc2sccc12. The number of benzene rings is 1. The summed E-state index contributed by atoms with van der Waals surface area (Å²) in [5.74, 6) is 1.83. The molecule has 1 N–H and O–H groups in total. The highest BCUT2D eigenvalue weighted by molar-refractivity contribution is 7.16. The van der Waals surface area contributed by atoms with Crippen LogP contribution in [0.15, 0.2) is 29.6 Å². The first-order valence-corrected chi connectivity index (χ1v) is 8.09. The summed E-state index contributed by atoms with van der Waals surface area (Å²) in [6, 6.07) is 8.64. The quantitative estimate of drug-likeness (QED) is 0.779. The van der Waals surface area contributed by atoms with Gasteiger partial charge in [0.05, 0.1) is 5.39 Å². The molecule has 0 aliphatic rings. The predicted octanol–water partition coefficient (Wildman–Crippen LogP) is 4.33. The van der Waals surface area contributed by atoms with Crippen molar-refractivity contribution >= 4 is 27.4 Å². The number of aromatic nitrogens is 2. The second-order valence-corrected chi connectivity index (χ2v) is 6.15. The van der Waals surface area contributed by atoms with E-state index in [1.165, 1.54) is 16.7 Å². The molecular weight excluding hydrogens is 278 g/mol. The molecule has 108 valence electrons. The number of anilines is 1. The molecule has 0 atom stereocenters. The highest BCUT2D eigenvalue weighted by Crippen LogP contribution is 2.25. The van der Waals surface area contributed by atoms with E-state index in [1.807, 2.05) is 0 Å². The van der Waals surface area contributed by atoms with Crippen LogP contribution >= 0.6 is 11.3 Å². The number of rotatable bonds is 4. The normalized spacial score (nSPS) is 11.0. The Labute approximate surface area is 129 Å². The first kappa shape index (κ1) is 14.0. The average molecular weight is 297 g/mol. The summed E-state index contributed by atoms with van der Waals surface area (Å²) in [4.78, 5) is 10.4. The van der Waals surface area contributed by atoms with Crippen LogP contribution in [0, 0.1) is 13.8 Å². The van der Waals surface area contributed by atoms with Gasteiger partial charge < -0.3 is 5.32 Å². The number of fused-ring (bicyclic) bond motifs is 1. The van der Waals surface area contributed by atoms with E-state index in [0.717, 1.165) is 34.8 Å². The van der Waals surface area contributed by atoms with Crippen LogP contribution in [0.3, 0.4) is 0 Å². The standard InChI is InChI=1S/C17H19N3S/c1-4-18-16-14-7-8-21-17(14)20-15(19-16)10-13-6-5-11(2)12(3)9-13/h5-9H,4,10H2,1-3H3,(H,18,19,20). The van der Waals surface area contributed by atoms with Gasteiger partial charge in [-0.1, -0.05) is 18.2 Å². The molecule has 2 heterocycles. The summed E-state index contributed by atoms with van der Waals surface area (Å²) in [7, 11) is 0. The number of hydrogen-bond acceptors (Lipinski definition) is 4. The fourth-order valence-corrected chi connectivity index (χ4v) is 3.16. The molecule has 0 bridgehead atoms. The van der Waals surface area contributed by atoms with E-state index in [9.17, 15) is 0 Å². The van der Waals surface area contributed by atoms with Gasteiger partial charge in [-0.3, -0.25) is 0 Å². The molecule has 0 saturated heterocycles. The zero-order valence-electron chi connectivity index (χ0n) is 12.6. The van der Waals surface area contributed by atoms with E-state index in [1.54, 1.807) is 11.3 Å². The number of thiophene rings is 1. The fraction of sp³-hybridized carbons (Fsp3) is 0.294. The van der Waals surface area contributed by atoms with Crippen molar-refractivity contribution in [2.75, 3.05) is 11.9 Å². The van der Waals surface area contributed by atoms with Crippen molar-refractivity contribution in [3.05, 3.63) is 52.2 Å². The smallest absolute Gasteiger partial charge is 0.138 e. The van der Waals surface area contributed by atoms with Crippen molar-refractivity contribution < 1.29 is 0 Å². The molecule has 3 aromatic rings. The molecule has 0 unspecified atom stereocenters. The summed E-state index contributed by atoms with van der Waals surface area (Å²) >= 11 is 1.67. The molecule has 21 heavy (non-hydrogen) atoms. The van der Waals surface area contributed by atoms with Gasteiger partial charge in [0.15, 0.2) is 0 Å². The lowest BCUT2D eigenvalue weighted by atomic mass is 10.0. The van der Waals surface area contributed by atoms with Crippen molar-refractivity contribution in [3.8, 4) is 0 Å². The topological polar surface area (TPSA) is 37.8 Å². The average Bonchev–Trinajstić information content (AvgIpc) is 2.92. The van der Waals surface area contributed by atoms with E-state index in [0.29, 0.717) is 0 Å². The van der Waals surface area contributed by atoms with Gasteiger partial charge in [-0.15, -0.1) is 11.3 Å². The fourth-order valence-electron chi connectivity index (χ4n) is 2.38. The lowest BCUT2D eigenvalue weighted by Gasteiger charge is -2.08. The number of aryl methyl sites for hydroxylation is 2. The van der Waals surface area contributed by atoms with E-state index in [-0.39, 0.29) is 0 Å². The summed E-state index contributed by atoms with van der Waals surface area (Å²) in [5.41, 5.74) is 3.90. The van der Waals surface area contributed by atoms with Crippen LogP contribution in [0.2, 0.25) is 0 Å². The van der Waals surface area contributed by atoms with Gasteiger partial charge in [-0.2, -0.15) is 0 Å². The van der Waals surface area contributed by atoms with Gasteiger partial charge in [0, 0.05) is 13.0 Å². The largest absolute Gasteiger partial charge is 0.370 e. The molecule has 1 aromatic carbocycles. The molecule has 0 amide bonds. The molecule has 0 saturated carbocycles. The Balaban J connectivity index is 1.97. The van der Waals surface area contributed by atoms with Gasteiger partial charge in [0.25, 0.3) is 0 Å². The molecule has 0 aliphatic carbocycles. The number of nitrogens with one attached hydrogen (secondary N) is 1. The third-order valence-electron chi connectivity index (χ3n) is 3.65. The molecule has 0 aliphatic heterocycles. The first-order chi connectivity index (χ1) is 10.2. The van der Waals surface area contributed by atoms with Gasteiger partial charge >= 0.3 is 0 Å². The Hall–Kier alpha value is -1.94. The Morgan fingerprint density at radius 3 is 2.71 bits per heavy atom. The van der Waals surface area contributed by atoms with Crippen LogP contribution in [0.1, 0.15) is 29.4 Å². The molecule has 3 nitrogen and oxygen atoms in total. The highest BCUT2D eigenvalue weighted by atomic mass is 32.1. The maximum absolute atomic E-state index is 4.69. The van der Waals surface area contributed by atoms with Crippen molar-refractivity contribution in [2.45, 2.75) is 27.2 Å². The van der Waals surface area contributed by atoms with Crippen LogP contribution in [-0.4, -0.2) is 16.5 Å². The van der Waals surface area contributed by atoms with E-state index in [4.69, 9.17) is 9.97 Å². The first-order valence-electron chi connectivity index (χ1n) is 7.21. The van der Waals surface area contributed by atoms with Crippen LogP contribution in [-0.2, 0) is 6.42 Å². The van der Waals surface area contributed by atoms with E-state index >= 15 is 0 Å². The summed E-state index contributed by atoms with van der Waals surface area (Å²) in [6.07, 6.45) is 0.771. The Bertz CT molecular complexity index is 777. The zero-order valence-corrected chi connectivity index (χ0v) is 13.4. The van der Waals surface area contributed by atoms with Crippen LogP contribution in [0.4, 0.5) is 5.82 Å².